The highest BCUT2D eigenvalue weighted by Crippen LogP contribution is 2.16. The van der Waals surface area contributed by atoms with Crippen molar-refractivity contribution in [2.75, 3.05) is 13.2 Å². The second-order valence-corrected chi connectivity index (χ2v) is 4.90. The Hall–Kier alpha value is -0.610. The van der Waals surface area contributed by atoms with Crippen molar-refractivity contribution < 1.29 is 9.90 Å². The molecule has 0 saturated carbocycles. The van der Waals surface area contributed by atoms with Gasteiger partial charge < -0.3 is 16.2 Å². The van der Waals surface area contributed by atoms with Crippen LogP contribution >= 0.6 is 0 Å². The molecule has 0 aromatic carbocycles. The lowest BCUT2D eigenvalue weighted by Crippen LogP contribution is -2.51. The third-order valence-corrected chi connectivity index (χ3v) is 2.31. The maximum Gasteiger partial charge on any atom is 0.227 e. The monoisotopic (exact) mass is 202 g/mol. The number of nitrogens with two attached hydrogens (primary N) is 1. The number of amides is 1. The Kier molecular flexibility index (Phi) is 4.55. The van der Waals surface area contributed by atoms with Crippen LogP contribution in [0.4, 0.5) is 0 Å². The topological polar surface area (TPSA) is 75.3 Å². The normalized spacial score (nSPS) is 12.7. The standard InChI is InChI=1S/C10H22N2O2/c1-9(2,7-11)8(14)12-10(3,4)5-6-13/h13H,5-7,11H2,1-4H3,(H,12,14). The molecule has 0 atom stereocenters. The largest absolute Gasteiger partial charge is 0.396 e. The molecule has 0 fully saturated rings. The molecule has 4 nitrogen and oxygen atoms in total. The second kappa shape index (κ2) is 4.75. The molecule has 0 aliphatic heterocycles. The van der Waals surface area contributed by atoms with Crippen LogP contribution in [-0.2, 0) is 4.79 Å². The van der Waals surface area contributed by atoms with Gasteiger partial charge in [0.2, 0.25) is 5.91 Å². The molecule has 14 heavy (non-hydrogen) atoms. The summed E-state index contributed by atoms with van der Waals surface area (Å²) in [4.78, 5) is 11.7. The zero-order valence-corrected chi connectivity index (χ0v) is 9.55. The van der Waals surface area contributed by atoms with E-state index in [0.29, 0.717) is 13.0 Å². The average molecular weight is 202 g/mol. The summed E-state index contributed by atoms with van der Waals surface area (Å²) in [5, 5.41) is 11.7. The van der Waals surface area contributed by atoms with E-state index in [9.17, 15) is 4.79 Å². The van der Waals surface area contributed by atoms with E-state index in [-0.39, 0.29) is 18.1 Å². The lowest BCUT2D eigenvalue weighted by Gasteiger charge is -2.31. The Labute approximate surface area is 85.9 Å². The summed E-state index contributed by atoms with van der Waals surface area (Å²) < 4.78 is 0. The molecule has 0 aliphatic carbocycles. The van der Waals surface area contributed by atoms with E-state index in [1.54, 1.807) is 13.8 Å². The molecule has 0 rings (SSSR count). The number of carbonyl (C=O) groups excluding carboxylic acids is 1. The van der Waals surface area contributed by atoms with E-state index < -0.39 is 5.41 Å². The Morgan fingerprint density at radius 2 is 1.86 bits per heavy atom. The number of aliphatic hydroxyl groups is 1. The number of carbonyl (C=O) groups is 1. The van der Waals surface area contributed by atoms with Gasteiger partial charge in [-0.3, -0.25) is 4.79 Å². The van der Waals surface area contributed by atoms with Crippen LogP contribution < -0.4 is 11.1 Å². The highest BCUT2D eigenvalue weighted by Gasteiger charge is 2.30. The zero-order valence-electron chi connectivity index (χ0n) is 9.55. The van der Waals surface area contributed by atoms with Gasteiger partial charge in [-0.2, -0.15) is 0 Å². The molecule has 0 spiro atoms. The van der Waals surface area contributed by atoms with Crippen molar-refractivity contribution in [3.8, 4) is 0 Å². The maximum atomic E-state index is 11.7. The minimum atomic E-state index is -0.549. The molecule has 0 aromatic rings. The van der Waals surface area contributed by atoms with Crippen molar-refractivity contribution in [1.82, 2.24) is 5.32 Å². The van der Waals surface area contributed by atoms with Crippen LogP contribution in [0.15, 0.2) is 0 Å². The van der Waals surface area contributed by atoms with E-state index in [2.05, 4.69) is 5.32 Å². The predicted molar refractivity (Wildman–Crippen MR) is 56.8 cm³/mol. The minimum absolute atomic E-state index is 0.0658. The first-order valence-electron chi connectivity index (χ1n) is 4.89. The van der Waals surface area contributed by atoms with E-state index in [0.717, 1.165) is 0 Å². The van der Waals surface area contributed by atoms with Crippen molar-refractivity contribution in [2.45, 2.75) is 39.7 Å². The van der Waals surface area contributed by atoms with Crippen LogP contribution in [0.1, 0.15) is 34.1 Å². The summed E-state index contributed by atoms with van der Waals surface area (Å²) in [6.45, 7) is 7.75. The van der Waals surface area contributed by atoms with E-state index in [4.69, 9.17) is 10.8 Å². The minimum Gasteiger partial charge on any atom is -0.396 e. The molecule has 0 aromatic heterocycles. The fourth-order valence-electron chi connectivity index (χ4n) is 0.911. The molecular weight excluding hydrogens is 180 g/mol. The van der Waals surface area contributed by atoms with Crippen LogP contribution in [-0.4, -0.2) is 29.7 Å². The Morgan fingerprint density at radius 3 is 2.21 bits per heavy atom. The summed E-state index contributed by atoms with van der Waals surface area (Å²) >= 11 is 0. The molecule has 0 saturated heterocycles. The average Bonchev–Trinajstić information content (AvgIpc) is 2.03. The van der Waals surface area contributed by atoms with Crippen molar-refractivity contribution in [3.63, 3.8) is 0 Å². The van der Waals surface area contributed by atoms with Gasteiger partial charge in [-0.15, -0.1) is 0 Å². The first kappa shape index (κ1) is 13.4. The van der Waals surface area contributed by atoms with Crippen LogP contribution in [0.3, 0.4) is 0 Å². The first-order chi connectivity index (χ1) is 6.25. The molecule has 0 unspecified atom stereocenters. The molecule has 4 heteroatoms. The summed E-state index contributed by atoms with van der Waals surface area (Å²) in [7, 11) is 0. The Morgan fingerprint density at radius 1 is 1.36 bits per heavy atom. The lowest BCUT2D eigenvalue weighted by atomic mass is 9.90. The second-order valence-electron chi connectivity index (χ2n) is 4.90. The van der Waals surface area contributed by atoms with Gasteiger partial charge in [-0.25, -0.2) is 0 Å². The third-order valence-electron chi connectivity index (χ3n) is 2.31. The number of hydrogen-bond donors (Lipinski definition) is 3. The Balaban J connectivity index is 4.31. The predicted octanol–water partition coefficient (Wildman–Crippen LogP) is 0.249. The zero-order chi connectivity index (χ0) is 11.4. The summed E-state index contributed by atoms with van der Waals surface area (Å²) in [5.41, 5.74) is 4.56. The van der Waals surface area contributed by atoms with Gasteiger partial charge in [0, 0.05) is 18.7 Å². The fourth-order valence-corrected chi connectivity index (χ4v) is 0.911. The van der Waals surface area contributed by atoms with Gasteiger partial charge >= 0.3 is 0 Å². The van der Waals surface area contributed by atoms with Gasteiger partial charge in [-0.05, 0) is 34.1 Å². The molecule has 1 amide bonds. The summed E-state index contributed by atoms with van der Waals surface area (Å²) in [5.74, 6) is -0.0709. The molecule has 0 bridgehead atoms. The number of nitrogens with one attached hydrogen (secondary N) is 1. The third kappa shape index (κ3) is 4.07. The quantitative estimate of drug-likeness (QED) is 0.598. The van der Waals surface area contributed by atoms with Gasteiger partial charge in [0.15, 0.2) is 0 Å². The van der Waals surface area contributed by atoms with Gasteiger partial charge in [-0.1, -0.05) is 0 Å². The molecular formula is C10H22N2O2. The first-order valence-corrected chi connectivity index (χ1v) is 4.89. The Bertz CT molecular complexity index is 200. The summed E-state index contributed by atoms with van der Waals surface area (Å²) in [6, 6.07) is 0. The molecule has 0 aliphatic rings. The molecule has 0 heterocycles. The number of rotatable bonds is 5. The number of hydrogen-bond acceptors (Lipinski definition) is 3. The molecule has 0 radical (unpaired) electrons. The SMILES string of the molecule is CC(C)(CCO)NC(=O)C(C)(C)CN. The van der Waals surface area contributed by atoms with E-state index >= 15 is 0 Å². The molecule has 84 valence electrons. The van der Waals surface area contributed by atoms with Crippen LogP contribution in [0.5, 0.6) is 0 Å². The fraction of sp³-hybridized carbons (Fsp3) is 0.900. The van der Waals surface area contributed by atoms with Gasteiger partial charge in [0.05, 0.1) is 5.41 Å². The van der Waals surface area contributed by atoms with Crippen molar-refractivity contribution in [1.29, 1.82) is 0 Å². The number of aliphatic hydroxyl groups excluding tert-OH is 1. The van der Waals surface area contributed by atoms with Crippen LogP contribution in [0.25, 0.3) is 0 Å². The van der Waals surface area contributed by atoms with Gasteiger partial charge in [0.25, 0.3) is 0 Å². The van der Waals surface area contributed by atoms with Crippen molar-refractivity contribution in [3.05, 3.63) is 0 Å². The van der Waals surface area contributed by atoms with Gasteiger partial charge in [0.1, 0.15) is 0 Å². The van der Waals surface area contributed by atoms with E-state index in [1.807, 2.05) is 13.8 Å². The summed E-state index contributed by atoms with van der Waals surface area (Å²) in [6.07, 6.45) is 0.541. The smallest absolute Gasteiger partial charge is 0.227 e. The van der Waals surface area contributed by atoms with Crippen LogP contribution in [0, 0.1) is 5.41 Å². The highest BCUT2D eigenvalue weighted by atomic mass is 16.3. The lowest BCUT2D eigenvalue weighted by molar-refractivity contribution is -0.130. The van der Waals surface area contributed by atoms with Crippen molar-refractivity contribution >= 4 is 5.91 Å². The molecule has 4 N–H and O–H groups in total. The van der Waals surface area contributed by atoms with E-state index in [1.165, 1.54) is 0 Å². The van der Waals surface area contributed by atoms with Crippen molar-refractivity contribution in [2.24, 2.45) is 11.1 Å². The highest BCUT2D eigenvalue weighted by molar-refractivity contribution is 5.82. The van der Waals surface area contributed by atoms with Crippen LogP contribution in [0.2, 0.25) is 0 Å². The maximum absolute atomic E-state index is 11.7.